The minimum Gasteiger partial charge on any atom is -0.462 e. The first-order valence-electron chi connectivity index (χ1n) is 31.6. The molecule has 1 atom stereocenters. The minimum atomic E-state index is -0.777. The van der Waals surface area contributed by atoms with Gasteiger partial charge in [-0.3, -0.25) is 14.4 Å². The lowest BCUT2D eigenvalue weighted by molar-refractivity contribution is -0.167. The number of carbonyl (C=O) groups excluding carboxylic acids is 3. The molecule has 0 aromatic rings. The molecule has 72 heavy (non-hydrogen) atoms. The zero-order chi connectivity index (χ0) is 52.2. The Morgan fingerprint density at radius 2 is 0.500 bits per heavy atom. The SMILES string of the molecule is CCCCC/C=C\C/C=C\C/C=C\CCCCCCCCC(=O)OC(COC(=O)CCCCCCCCCCCC)COC(=O)CCCCCCCCCCCCCCC/C=C\CCCCCCCCCC. The van der Waals surface area contributed by atoms with Gasteiger partial charge in [0.05, 0.1) is 0 Å². The molecule has 0 aliphatic carbocycles. The van der Waals surface area contributed by atoms with Gasteiger partial charge in [-0.2, -0.15) is 0 Å². The van der Waals surface area contributed by atoms with Crippen molar-refractivity contribution in [3.63, 3.8) is 0 Å². The van der Waals surface area contributed by atoms with Crippen LogP contribution in [0.25, 0.3) is 0 Å². The Morgan fingerprint density at radius 3 is 0.819 bits per heavy atom. The summed E-state index contributed by atoms with van der Waals surface area (Å²) in [5.74, 6) is -0.872. The molecule has 0 fully saturated rings. The molecule has 0 N–H and O–H groups in total. The van der Waals surface area contributed by atoms with E-state index >= 15 is 0 Å². The standard InChI is InChI=1S/C66H120O6/c1-4-7-10-13-16-19-22-24-26-28-30-31-32-33-34-35-37-38-40-42-44-47-50-53-56-59-65(68)71-62-63(61-70-64(67)58-55-52-49-46-21-18-15-12-9-6-3)72-66(69)60-57-54-51-48-45-43-41-39-36-29-27-25-23-20-17-14-11-8-5-2/h17,20,25,27-28,30,36,39,63H,4-16,18-19,21-24,26,29,31-35,37-38,40-62H2,1-3H3/b20-17-,27-25-,30-28-,39-36-. The molecule has 6 heteroatoms. The average Bonchev–Trinajstić information content (AvgIpc) is 3.38. The largest absolute Gasteiger partial charge is 0.462 e. The molecule has 0 saturated heterocycles. The van der Waals surface area contributed by atoms with Gasteiger partial charge in [0, 0.05) is 19.3 Å². The molecule has 1 unspecified atom stereocenters. The molecule has 0 radical (unpaired) electrons. The number of rotatable bonds is 58. The van der Waals surface area contributed by atoms with E-state index in [1.807, 2.05) is 0 Å². The van der Waals surface area contributed by atoms with Gasteiger partial charge in [-0.1, -0.05) is 281 Å². The molecule has 0 aliphatic heterocycles. The van der Waals surface area contributed by atoms with E-state index in [-0.39, 0.29) is 31.1 Å². The van der Waals surface area contributed by atoms with Crippen molar-refractivity contribution < 1.29 is 28.6 Å². The van der Waals surface area contributed by atoms with Crippen molar-refractivity contribution in [2.45, 2.75) is 341 Å². The van der Waals surface area contributed by atoms with Crippen molar-refractivity contribution in [2.24, 2.45) is 0 Å². The van der Waals surface area contributed by atoms with E-state index in [9.17, 15) is 14.4 Å². The molecule has 0 saturated carbocycles. The fourth-order valence-electron chi connectivity index (χ4n) is 9.27. The highest BCUT2D eigenvalue weighted by Crippen LogP contribution is 2.17. The smallest absolute Gasteiger partial charge is 0.306 e. The summed E-state index contributed by atoms with van der Waals surface area (Å²) in [7, 11) is 0. The van der Waals surface area contributed by atoms with Crippen molar-refractivity contribution in [3.05, 3.63) is 48.6 Å². The lowest BCUT2D eigenvalue weighted by Gasteiger charge is -2.18. The first-order chi connectivity index (χ1) is 35.5. The maximum Gasteiger partial charge on any atom is 0.306 e. The minimum absolute atomic E-state index is 0.0752. The third-order valence-electron chi connectivity index (χ3n) is 14.1. The number of esters is 3. The summed E-state index contributed by atoms with van der Waals surface area (Å²) in [6.07, 6.45) is 75.5. The second kappa shape index (κ2) is 60.9. The maximum absolute atomic E-state index is 12.9. The zero-order valence-electron chi connectivity index (χ0n) is 48.2. The Morgan fingerprint density at radius 1 is 0.278 bits per heavy atom. The van der Waals surface area contributed by atoms with Crippen LogP contribution in [0, 0.1) is 0 Å². The topological polar surface area (TPSA) is 78.9 Å². The van der Waals surface area contributed by atoms with Crippen LogP contribution in [-0.2, 0) is 28.6 Å². The lowest BCUT2D eigenvalue weighted by Crippen LogP contribution is -2.30. The monoisotopic (exact) mass is 1010 g/mol. The van der Waals surface area contributed by atoms with Gasteiger partial charge in [0.25, 0.3) is 0 Å². The molecule has 0 aliphatic rings. The van der Waals surface area contributed by atoms with Crippen LogP contribution in [0.2, 0.25) is 0 Å². The van der Waals surface area contributed by atoms with Gasteiger partial charge in [0.1, 0.15) is 13.2 Å². The zero-order valence-corrected chi connectivity index (χ0v) is 48.2. The lowest BCUT2D eigenvalue weighted by atomic mass is 10.0. The van der Waals surface area contributed by atoms with Crippen molar-refractivity contribution in [2.75, 3.05) is 13.2 Å². The predicted octanol–water partition coefficient (Wildman–Crippen LogP) is 21.4. The van der Waals surface area contributed by atoms with Crippen LogP contribution < -0.4 is 0 Å². The molecule has 6 nitrogen and oxygen atoms in total. The fraction of sp³-hybridized carbons (Fsp3) is 0.833. The van der Waals surface area contributed by atoms with Crippen LogP contribution in [0.3, 0.4) is 0 Å². The first-order valence-corrected chi connectivity index (χ1v) is 31.6. The van der Waals surface area contributed by atoms with Gasteiger partial charge in [0.15, 0.2) is 6.10 Å². The molecule has 0 rings (SSSR count). The van der Waals surface area contributed by atoms with Crippen LogP contribution in [0.1, 0.15) is 335 Å². The van der Waals surface area contributed by atoms with E-state index in [0.29, 0.717) is 19.3 Å². The van der Waals surface area contributed by atoms with E-state index in [1.54, 1.807) is 0 Å². The van der Waals surface area contributed by atoms with Crippen LogP contribution in [0.5, 0.6) is 0 Å². The quantitative estimate of drug-likeness (QED) is 0.0261. The van der Waals surface area contributed by atoms with Gasteiger partial charge in [-0.05, 0) is 83.5 Å². The summed E-state index contributed by atoms with van der Waals surface area (Å²) in [6, 6.07) is 0. The van der Waals surface area contributed by atoms with Gasteiger partial charge in [0.2, 0.25) is 0 Å². The highest BCUT2D eigenvalue weighted by molar-refractivity contribution is 5.71. The molecule has 420 valence electrons. The van der Waals surface area contributed by atoms with Gasteiger partial charge in [-0.25, -0.2) is 0 Å². The Hall–Kier alpha value is -2.63. The van der Waals surface area contributed by atoms with Crippen LogP contribution in [-0.4, -0.2) is 37.2 Å². The van der Waals surface area contributed by atoms with Crippen LogP contribution in [0.15, 0.2) is 48.6 Å². The molecule has 0 spiro atoms. The molecule has 0 aromatic carbocycles. The summed E-state index contributed by atoms with van der Waals surface area (Å²) in [6.45, 7) is 6.63. The number of carbonyl (C=O) groups is 3. The molecule has 0 heterocycles. The first kappa shape index (κ1) is 69.4. The van der Waals surface area contributed by atoms with Gasteiger partial charge in [-0.15, -0.1) is 0 Å². The third-order valence-corrected chi connectivity index (χ3v) is 14.1. The van der Waals surface area contributed by atoms with Crippen molar-refractivity contribution in [3.8, 4) is 0 Å². The Kier molecular flexibility index (Phi) is 58.7. The van der Waals surface area contributed by atoms with E-state index in [0.717, 1.165) is 77.0 Å². The third kappa shape index (κ3) is 58.3. The molecule has 0 aromatic heterocycles. The summed E-state index contributed by atoms with van der Waals surface area (Å²) in [4.78, 5) is 38.2. The van der Waals surface area contributed by atoms with E-state index in [1.165, 1.54) is 218 Å². The summed E-state index contributed by atoms with van der Waals surface area (Å²) >= 11 is 0. The fourth-order valence-corrected chi connectivity index (χ4v) is 9.27. The van der Waals surface area contributed by atoms with Crippen LogP contribution >= 0.6 is 0 Å². The van der Waals surface area contributed by atoms with Gasteiger partial charge < -0.3 is 14.2 Å². The van der Waals surface area contributed by atoms with E-state index < -0.39 is 6.10 Å². The second-order valence-corrected chi connectivity index (χ2v) is 21.3. The highest BCUT2D eigenvalue weighted by Gasteiger charge is 2.19. The van der Waals surface area contributed by atoms with Crippen molar-refractivity contribution in [1.82, 2.24) is 0 Å². The second-order valence-electron chi connectivity index (χ2n) is 21.3. The summed E-state index contributed by atoms with van der Waals surface area (Å²) in [5.41, 5.74) is 0. The van der Waals surface area contributed by atoms with Crippen molar-refractivity contribution in [1.29, 1.82) is 0 Å². The molecular weight excluding hydrogens is 889 g/mol. The predicted molar refractivity (Wildman–Crippen MR) is 312 cm³/mol. The number of ether oxygens (including phenoxy) is 3. The van der Waals surface area contributed by atoms with E-state index in [2.05, 4.69) is 69.4 Å². The molecule has 0 amide bonds. The summed E-state index contributed by atoms with van der Waals surface area (Å²) < 4.78 is 16.9. The van der Waals surface area contributed by atoms with Crippen LogP contribution in [0.4, 0.5) is 0 Å². The molecule has 0 bridgehead atoms. The Balaban J connectivity index is 4.22. The number of hydrogen-bond acceptors (Lipinski definition) is 6. The number of unbranched alkanes of at least 4 members (excludes halogenated alkanes) is 39. The highest BCUT2D eigenvalue weighted by atomic mass is 16.6. The maximum atomic E-state index is 12.9. The van der Waals surface area contributed by atoms with Crippen molar-refractivity contribution >= 4 is 17.9 Å². The average molecular weight is 1010 g/mol. The normalized spacial score (nSPS) is 12.3. The van der Waals surface area contributed by atoms with Gasteiger partial charge >= 0.3 is 17.9 Å². The number of allylic oxidation sites excluding steroid dienone is 8. The Labute approximate surface area is 448 Å². The number of hydrogen-bond donors (Lipinski definition) is 0. The summed E-state index contributed by atoms with van der Waals surface area (Å²) in [5, 5.41) is 0. The van der Waals surface area contributed by atoms with E-state index in [4.69, 9.17) is 14.2 Å². The molecular formula is C66H120O6. The Bertz CT molecular complexity index is 1250.